The van der Waals surface area contributed by atoms with E-state index in [0.29, 0.717) is 0 Å². The lowest BCUT2D eigenvalue weighted by molar-refractivity contribution is -0.137. The molecule has 1 N–H and O–H groups in total. The Morgan fingerprint density at radius 3 is 2.50 bits per heavy atom. The Kier molecular flexibility index (Phi) is 2.78. The van der Waals surface area contributed by atoms with Crippen LogP contribution in [0, 0.1) is 0 Å². The SMILES string of the molecule is CC1(CCCCCC(=O)O)N=N1. The zero-order chi connectivity index (χ0) is 9.03. The molecule has 12 heavy (non-hydrogen) atoms. The number of rotatable bonds is 6. The van der Waals surface area contributed by atoms with Crippen LogP contribution in [0.2, 0.25) is 0 Å². The van der Waals surface area contributed by atoms with E-state index in [1.807, 2.05) is 6.92 Å². The van der Waals surface area contributed by atoms with Gasteiger partial charge in [0.1, 0.15) is 0 Å². The first-order valence-corrected chi connectivity index (χ1v) is 4.28. The molecule has 0 unspecified atom stereocenters. The molecule has 0 spiro atoms. The molecule has 0 bridgehead atoms. The van der Waals surface area contributed by atoms with Gasteiger partial charge in [0.15, 0.2) is 5.66 Å². The van der Waals surface area contributed by atoms with Gasteiger partial charge in [0, 0.05) is 6.42 Å². The molecule has 0 atom stereocenters. The van der Waals surface area contributed by atoms with Crippen molar-refractivity contribution < 1.29 is 9.90 Å². The van der Waals surface area contributed by atoms with Gasteiger partial charge in [0.05, 0.1) is 0 Å². The van der Waals surface area contributed by atoms with Crippen LogP contribution in [0.25, 0.3) is 0 Å². The molecule has 0 radical (unpaired) electrons. The lowest BCUT2D eigenvalue weighted by atomic mass is 10.1. The summed E-state index contributed by atoms with van der Waals surface area (Å²) >= 11 is 0. The lowest BCUT2D eigenvalue weighted by Crippen LogP contribution is -2.03. The van der Waals surface area contributed by atoms with E-state index in [0.717, 1.165) is 25.7 Å². The summed E-state index contributed by atoms with van der Waals surface area (Å²) in [5, 5.41) is 16.1. The van der Waals surface area contributed by atoms with Crippen molar-refractivity contribution in [1.29, 1.82) is 0 Å². The second-order valence-electron chi connectivity index (χ2n) is 3.37. The third-order valence-corrected chi connectivity index (χ3v) is 1.98. The second-order valence-corrected chi connectivity index (χ2v) is 3.37. The normalized spacial score (nSPS) is 17.8. The highest BCUT2D eigenvalue weighted by atomic mass is 16.4. The van der Waals surface area contributed by atoms with Crippen LogP contribution in [-0.4, -0.2) is 16.7 Å². The van der Waals surface area contributed by atoms with Gasteiger partial charge in [-0.05, 0) is 26.2 Å². The Morgan fingerprint density at radius 1 is 1.33 bits per heavy atom. The Hall–Kier alpha value is -0.930. The topological polar surface area (TPSA) is 62.0 Å². The van der Waals surface area contributed by atoms with E-state index in [2.05, 4.69) is 10.2 Å². The van der Waals surface area contributed by atoms with Gasteiger partial charge >= 0.3 is 5.97 Å². The monoisotopic (exact) mass is 170 g/mol. The molecular weight excluding hydrogens is 156 g/mol. The number of unbranched alkanes of at least 4 members (excludes halogenated alkanes) is 2. The first-order chi connectivity index (χ1) is 5.62. The van der Waals surface area contributed by atoms with Crippen molar-refractivity contribution in [3.8, 4) is 0 Å². The van der Waals surface area contributed by atoms with Gasteiger partial charge in [-0.2, -0.15) is 10.2 Å². The van der Waals surface area contributed by atoms with E-state index in [1.165, 1.54) is 0 Å². The molecule has 0 amide bonds. The van der Waals surface area contributed by atoms with Gasteiger partial charge in [-0.1, -0.05) is 6.42 Å². The van der Waals surface area contributed by atoms with Crippen molar-refractivity contribution >= 4 is 5.97 Å². The molecule has 0 saturated heterocycles. The highest BCUT2D eigenvalue weighted by Crippen LogP contribution is 2.32. The summed E-state index contributed by atoms with van der Waals surface area (Å²) in [6.07, 6.45) is 4.01. The number of hydrogen-bond acceptors (Lipinski definition) is 3. The molecule has 4 nitrogen and oxygen atoms in total. The fourth-order valence-electron chi connectivity index (χ4n) is 1.10. The smallest absolute Gasteiger partial charge is 0.303 e. The van der Waals surface area contributed by atoms with Crippen molar-refractivity contribution in [2.24, 2.45) is 10.2 Å². The largest absolute Gasteiger partial charge is 0.481 e. The standard InChI is InChI=1S/C8H14N2O2/c1-8(9-10-8)6-4-2-3-5-7(11)12/h2-6H2,1H3,(H,11,12). The minimum atomic E-state index is -0.706. The van der Waals surface area contributed by atoms with Crippen molar-refractivity contribution in [3.05, 3.63) is 0 Å². The number of carboxylic acids is 1. The Balaban J connectivity index is 1.86. The van der Waals surface area contributed by atoms with E-state index in [-0.39, 0.29) is 12.1 Å². The number of hydrogen-bond donors (Lipinski definition) is 1. The maximum atomic E-state index is 10.1. The zero-order valence-electron chi connectivity index (χ0n) is 7.29. The van der Waals surface area contributed by atoms with Crippen LogP contribution < -0.4 is 0 Å². The van der Waals surface area contributed by atoms with E-state index < -0.39 is 5.97 Å². The number of carbonyl (C=O) groups is 1. The number of nitrogens with zero attached hydrogens (tertiary/aromatic N) is 2. The molecule has 1 aliphatic rings. The fourth-order valence-corrected chi connectivity index (χ4v) is 1.10. The summed E-state index contributed by atoms with van der Waals surface area (Å²) in [5.41, 5.74) is -0.108. The van der Waals surface area contributed by atoms with E-state index in [4.69, 9.17) is 5.11 Å². The molecule has 0 aromatic rings. The molecule has 0 aliphatic carbocycles. The van der Waals surface area contributed by atoms with Crippen LogP contribution in [0.15, 0.2) is 10.2 Å². The Bertz CT molecular complexity index is 195. The fraction of sp³-hybridized carbons (Fsp3) is 0.875. The van der Waals surface area contributed by atoms with Gasteiger partial charge in [-0.15, -0.1) is 0 Å². The van der Waals surface area contributed by atoms with Gasteiger partial charge in [0.25, 0.3) is 0 Å². The van der Waals surface area contributed by atoms with Gasteiger partial charge < -0.3 is 5.11 Å². The van der Waals surface area contributed by atoms with Crippen molar-refractivity contribution in [3.63, 3.8) is 0 Å². The molecule has 1 heterocycles. The molecule has 0 aromatic carbocycles. The van der Waals surface area contributed by atoms with Crippen LogP contribution in [-0.2, 0) is 4.79 Å². The molecule has 1 rings (SSSR count). The van der Waals surface area contributed by atoms with Crippen LogP contribution in [0.4, 0.5) is 0 Å². The first kappa shape index (κ1) is 9.16. The Labute approximate surface area is 71.7 Å². The van der Waals surface area contributed by atoms with Crippen LogP contribution in [0.3, 0.4) is 0 Å². The predicted molar refractivity (Wildman–Crippen MR) is 44.0 cm³/mol. The van der Waals surface area contributed by atoms with Crippen LogP contribution in [0.1, 0.15) is 39.0 Å². The van der Waals surface area contributed by atoms with Crippen molar-refractivity contribution in [2.45, 2.75) is 44.7 Å². The van der Waals surface area contributed by atoms with E-state index >= 15 is 0 Å². The summed E-state index contributed by atoms with van der Waals surface area (Å²) in [4.78, 5) is 10.1. The second kappa shape index (κ2) is 3.65. The number of aliphatic carboxylic acids is 1. The average Bonchev–Trinajstić information content (AvgIpc) is 2.67. The first-order valence-electron chi connectivity index (χ1n) is 4.28. The maximum Gasteiger partial charge on any atom is 0.303 e. The summed E-state index contributed by atoms with van der Waals surface area (Å²) in [6, 6.07) is 0. The van der Waals surface area contributed by atoms with Crippen molar-refractivity contribution in [1.82, 2.24) is 0 Å². The summed E-state index contributed by atoms with van der Waals surface area (Å²) < 4.78 is 0. The molecule has 68 valence electrons. The Morgan fingerprint density at radius 2 is 2.00 bits per heavy atom. The summed E-state index contributed by atoms with van der Waals surface area (Å²) in [6.45, 7) is 1.99. The zero-order valence-corrected chi connectivity index (χ0v) is 7.29. The van der Waals surface area contributed by atoms with E-state index in [9.17, 15) is 4.79 Å². The third-order valence-electron chi connectivity index (χ3n) is 1.98. The molecule has 0 saturated carbocycles. The molecule has 0 aromatic heterocycles. The summed E-state index contributed by atoms with van der Waals surface area (Å²) in [7, 11) is 0. The quantitative estimate of drug-likeness (QED) is 0.621. The van der Waals surface area contributed by atoms with Crippen molar-refractivity contribution in [2.75, 3.05) is 0 Å². The molecule has 0 fully saturated rings. The highest BCUT2D eigenvalue weighted by molar-refractivity contribution is 5.66. The predicted octanol–water partition coefficient (Wildman–Crippen LogP) is 2.20. The molecular formula is C8H14N2O2. The number of carboxylic acid groups (broad SMARTS) is 1. The molecule has 1 aliphatic heterocycles. The molecule has 4 heteroatoms. The average molecular weight is 170 g/mol. The minimum absolute atomic E-state index is 0.108. The van der Waals surface area contributed by atoms with Gasteiger partial charge in [-0.3, -0.25) is 4.79 Å². The highest BCUT2D eigenvalue weighted by Gasteiger charge is 2.32. The van der Waals surface area contributed by atoms with Gasteiger partial charge in [0.2, 0.25) is 0 Å². The maximum absolute atomic E-state index is 10.1. The van der Waals surface area contributed by atoms with E-state index in [1.54, 1.807) is 0 Å². The third kappa shape index (κ3) is 3.46. The van der Waals surface area contributed by atoms with Crippen LogP contribution in [0.5, 0.6) is 0 Å². The minimum Gasteiger partial charge on any atom is -0.481 e. The lowest BCUT2D eigenvalue weighted by Gasteiger charge is -2.01. The van der Waals surface area contributed by atoms with Gasteiger partial charge in [-0.25, -0.2) is 0 Å². The summed E-state index contributed by atoms with van der Waals surface area (Å²) in [5.74, 6) is -0.706. The van der Waals surface area contributed by atoms with Crippen LogP contribution >= 0.6 is 0 Å².